The Morgan fingerprint density at radius 1 is 0.462 bits per heavy atom. The quantitative estimate of drug-likeness (QED) is 0.166. The van der Waals surface area contributed by atoms with Crippen molar-refractivity contribution >= 4 is 44.5 Å². The third-order valence-electron chi connectivity index (χ3n) is 9.23. The van der Waals surface area contributed by atoms with Gasteiger partial charge in [0.15, 0.2) is 10.9 Å². The summed E-state index contributed by atoms with van der Waals surface area (Å²) in [5.41, 5.74) is -7.51. The maximum Gasteiger partial charge on any atom is 0.416 e. The highest BCUT2D eigenvalue weighted by Crippen LogP contribution is 2.43. The zero-order chi connectivity index (χ0) is 37.9. The molecule has 0 saturated heterocycles. The first-order chi connectivity index (χ1) is 24.0. The van der Waals surface area contributed by atoms with Gasteiger partial charge in [-0.3, -0.25) is 9.59 Å². The molecule has 0 saturated carbocycles. The van der Waals surface area contributed by atoms with Crippen LogP contribution in [0.5, 0.6) is 0 Å². The van der Waals surface area contributed by atoms with Gasteiger partial charge in [0.1, 0.15) is 0 Å². The first-order valence-electron chi connectivity index (χ1n) is 15.1. The minimum atomic E-state index is -5.10. The fourth-order valence-corrected chi connectivity index (χ4v) is 6.76. The molecule has 0 amide bonds. The Bertz CT molecular complexity index is 2560. The van der Waals surface area contributed by atoms with E-state index in [9.17, 15) is 62.3 Å². The van der Waals surface area contributed by atoms with Gasteiger partial charge in [-0.05, 0) is 99.9 Å². The summed E-state index contributed by atoms with van der Waals surface area (Å²) >= 11 is 0. The van der Waals surface area contributed by atoms with E-state index in [0.29, 0.717) is 35.0 Å². The van der Waals surface area contributed by atoms with Crippen LogP contribution in [0.4, 0.5) is 52.7 Å². The van der Waals surface area contributed by atoms with Crippen LogP contribution in [0.3, 0.4) is 0 Å². The molecule has 1 unspecified atom stereocenters. The van der Waals surface area contributed by atoms with Crippen LogP contribution < -0.4 is 10.9 Å². The van der Waals surface area contributed by atoms with Gasteiger partial charge >= 0.3 is 24.7 Å². The lowest BCUT2D eigenvalue weighted by molar-refractivity contribution is -0.144. The highest BCUT2D eigenvalue weighted by Gasteiger charge is 2.39. The predicted octanol–water partition coefficient (Wildman–Crippen LogP) is 11.7. The van der Waals surface area contributed by atoms with E-state index in [1.807, 2.05) is 0 Å². The SMILES string of the molecule is CC1=Cc2c(c3cc4c(cc3c2=O)c(=O)c2cc(-c3cc(C(F)(F)F)cc(C(F)(F)F)c3)ccc24)C=CC1c1cc(C(F)(F)F)cc(C(F)(F)F)c1. The third kappa shape index (κ3) is 5.83. The molecule has 0 spiro atoms. The van der Waals surface area contributed by atoms with Gasteiger partial charge in [0.25, 0.3) is 0 Å². The van der Waals surface area contributed by atoms with Gasteiger partial charge in [0, 0.05) is 27.6 Å². The lowest BCUT2D eigenvalue weighted by atomic mass is 9.89. The number of allylic oxidation sites excluding steroid dienone is 2. The maximum absolute atomic E-state index is 13.7. The molecule has 52 heavy (non-hydrogen) atoms. The molecule has 0 aromatic heterocycles. The molecular formula is C38H18F12O2. The van der Waals surface area contributed by atoms with E-state index >= 15 is 0 Å². The number of rotatable bonds is 2. The summed E-state index contributed by atoms with van der Waals surface area (Å²) in [7, 11) is 0. The maximum atomic E-state index is 13.7. The van der Waals surface area contributed by atoms with E-state index in [4.69, 9.17) is 0 Å². The highest BCUT2D eigenvalue weighted by molar-refractivity contribution is 6.17. The number of hydrogen-bond acceptors (Lipinski definition) is 2. The number of benzene rings is 4. The second-order valence-electron chi connectivity index (χ2n) is 12.5. The molecule has 0 aliphatic heterocycles. The summed E-state index contributed by atoms with van der Waals surface area (Å²) in [5, 5.41) is 0.959. The van der Waals surface area contributed by atoms with Gasteiger partial charge in [-0.1, -0.05) is 35.9 Å². The second kappa shape index (κ2) is 11.3. The smallest absolute Gasteiger partial charge is 0.289 e. The van der Waals surface area contributed by atoms with Gasteiger partial charge in [-0.2, -0.15) is 52.7 Å². The fraction of sp³-hybridized carbons (Fsp3) is 0.158. The molecular weight excluding hydrogens is 716 g/mol. The number of halogens is 12. The zero-order valence-corrected chi connectivity index (χ0v) is 26.0. The van der Waals surface area contributed by atoms with E-state index in [2.05, 4.69) is 0 Å². The van der Waals surface area contributed by atoms with Gasteiger partial charge in [-0.15, -0.1) is 0 Å². The highest BCUT2D eigenvalue weighted by atomic mass is 19.4. The van der Waals surface area contributed by atoms with Crippen molar-refractivity contribution in [1.82, 2.24) is 0 Å². The molecule has 1 atom stereocenters. The normalized spacial score (nSPS) is 15.8. The van der Waals surface area contributed by atoms with E-state index in [1.54, 1.807) is 0 Å². The monoisotopic (exact) mass is 734 g/mol. The van der Waals surface area contributed by atoms with Crippen LogP contribution in [0.15, 0.2) is 88.0 Å². The first-order valence-corrected chi connectivity index (χ1v) is 15.1. The third-order valence-corrected chi connectivity index (χ3v) is 9.23. The van der Waals surface area contributed by atoms with Gasteiger partial charge in [-0.25, -0.2) is 0 Å². The topological polar surface area (TPSA) is 34.1 Å². The molecule has 6 aromatic carbocycles. The first kappa shape index (κ1) is 35.0. The number of fused-ring (bicyclic) bond motifs is 6. The largest absolute Gasteiger partial charge is 0.416 e. The van der Waals surface area contributed by atoms with Crippen molar-refractivity contribution in [2.75, 3.05) is 0 Å². The second-order valence-corrected chi connectivity index (χ2v) is 12.5. The van der Waals surface area contributed by atoms with E-state index in [1.165, 1.54) is 49.4 Å². The molecule has 0 radical (unpaired) electrons. The van der Waals surface area contributed by atoms with Crippen LogP contribution in [0.25, 0.3) is 55.6 Å². The summed E-state index contributed by atoms with van der Waals surface area (Å²) in [6.07, 6.45) is -16.2. The van der Waals surface area contributed by atoms with Crippen molar-refractivity contribution in [1.29, 1.82) is 0 Å². The van der Waals surface area contributed by atoms with Crippen LogP contribution in [0.2, 0.25) is 0 Å². The molecule has 0 N–H and O–H groups in total. The molecule has 1 aliphatic carbocycles. The summed E-state index contributed by atoms with van der Waals surface area (Å²) in [5.74, 6) is -1.09. The molecule has 14 heteroatoms. The van der Waals surface area contributed by atoms with E-state index < -0.39 is 69.3 Å². The Kier molecular flexibility index (Phi) is 7.61. The van der Waals surface area contributed by atoms with Crippen LogP contribution in [-0.4, -0.2) is 0 Å². The van der Waals surface area contributed by atoms with Crippen LogP contribution in [-0.2, 0) is 24.7 Å². The van der Waals surface area contributed by atoms with Crippen LogP contribution in [0.1, 0.15) is 51.8 Å². The molecule has 6 aromatic rings. The average molecular weight is 735 g/mol. The minimum Gasteiger partial charge on any atom is -0.289 e. The number of hydrogen-bond donors (Lipinski definition) is 0. The molecule has 0 fully saturated rings. The number of alkyl halides is 12. The van der Waals surface area contributed by atoms with E-state index in [-0.39, 0.29) is 61.5 Å². The molecule has 7 rings (SSSR count). The summed E-state index contributed by atoms with van der Waals surface area (Å²) in [6, 6.07) is 8.89. The van der Waals surface area contributed by atoms with Crippen LogP contribution in [0, 0.1) is 0 Å². The predicted molar refractivity (Wildman–Crippen MR) is 171 cm³/mol. The lowest BCUT2D eigenvalue weighted by Crippen LogP contribution is -2.13. The molecule has 2 nitrogen and oxygen atoms in total. The Morgan fingerprint density at radius 3 is 1.48 bits per heavy atom. The van der Waals surface area contributed by atoms with Gasteiger partial charge in [0.2, 0.25) is 0 Å². The Hall–Kier alpha value is -5.40. The molecule has 266 valence electrons. The van der Waals surface area contributed by atoms with Crippen molar-refractivity contribution in [3.63, 3.8) is 0 Å². The standard InChI is InChI=1S/C38H18F12O2/c1-16-6-29-26(5-4-24(16)19-9-22(37(45,46)47)13-23(10-19)38(48,49)50)28-14-27-25-3-2-17(11-30(25)34(52)32(27)15-31(28)33(29)51)18-7-20(35(39,40)41)12-21(8-18)36(42,43)44/h2-15,24H,1H3. The fourth-order valence-electron chi connectivity index (χ4n) is 6.76. The van der Waals surface area contributed by atoms with Gasteiger partial charge < -0.3 is 0 Å². The zero-order valence-electron chi connectivity index (χ0n) is 26.0. The van der Waals surface area contributed by atoms with Crippen molar-refractivity contribution in [2.45, 2.75) is 37.5 Å². The summed E-state index contributed by atoms with van der Waals surface area (Å²) < 4.78 is 163. The van der Waals surface area contributed by atoms with Gasteiger partial charge in [0.05, 0.1) is 22.3 Å². The van der Waals surface area contributed by atoms with Crippen molar-refractivity contribution in [2.24, 2.45) is 0 Å². The summed E-state index contributed by atoms with van der Waals surface area (Å²) in [4.78, 5) is 27.2. The Labute approximate surface area is 283 Å². The lowest BCUT2D eigenvalue weighted by Gasteiger charge is -2.19. The van der Waals surface area contributed by atoms with Crippen molar-refractivity contribution < 1.29 is 52.7 Å². The summed E-state index contributed by atoms with van der Waals surface area (Å²) in [6.45, 7) is 1.45. The molecule has 0 heterocycles. The van der Waals surface area contributed by atoms with Crippen molar-refractivity contribution in [3.05, 3.63) is 138 Å². The Morgan fingerprint density at radius 2 is 0.942 bits per heavy atom. The minimum absolute atomic E-state index is 0.0143. The van der Waals surface area contributed by atoms with E-state index in [0.717, 1.165) is 6.07 Å². The average Bonchev–Trinajstić information content (AvgIpc) is 3.37. The Balaban J connectivity index is 1.37. The van der Waals surface area contributed by atoms with Crippen molar-refractivity contribution in [3.8, 4) is 11.1 Å². The molecule has 0 bridgehead atoms. The van der Waals surface area contributed by atoms with Crippen LogP contribution >= 0.6 is 0 Å². The molecule has 1 aliphatic rings.